The van der Waals surface area contributed by atoms with Crippen LogP contribution in [0.3, 0.4) is 0 Å². The van der Waals surface area contributed by atoms with Crippen LogP contribution in [0.5, 0.6) is 0 Å². The Morgan fingerprint density at radius 2 is 1.59 bits per heavy atom. The molecule has 2 aromatic carbocycles. The maximum absolute atomic E-state index is 2.70. The Morgan fingerprint density at radius 1 is 0.862 bits per heavy atom. The quantitative estimate of drug-likeness (QED) is 0.658. The van der Waals surface area contributed by atoms with E-state index in [1.165, 1.54) is 55.6 Å². The molecule has 1 atom stereocenters. The first-order valence-corrected chi connectivity index (χ1v) is 11.3. The highest BCUT2D eigenvalue weighted by Crippen LogP contribution is 2.36. The van der Waals surface area contributed by atoms with Crippen molar-refractivity contribution in [2.45, 2.75) is 51.7 Å². The molecule has 152 valence electrons. The van der Waals surface area contributed by atoms with Gasteiger partial charge in [-0.25, -0.2) is 0 Å². The molecule has 2 aromatic rings. The van der Waals surface area contributed by atoms with Crippen LogP contribution < -0.4 is 0 Å². The number of benzene rings is 2. The van der Waals surface area contributed by atoms with Gasteiger partial charge in [0.1, 0.15) is 0 Å². The third kappa shape index (κ3) is 4.39. The maximum Gasteiger partial charge on any atom is 0.0599 e. The van der Waals surface area contributed by atoms with Crippen molar-refractivity contribution in [1.82, 2.24) is 9.80 Å². The summed E-state index contributed by atoms with van der Waals surface area (Å²) in [7, 11) is 0. The van der Waals surface area contributed by atoms with Gasteiger partial charge in [-0.05, 0) is 41.5 Å². The van der Waals surface area contributed by atoms with E-state index >= 15 is 0 Å². The number of likely N-dealkylation sites (tertiary alicyclic amines) is 1. The fourth-order valence-corrected chi connectivity index (χ4v) is 4.84. The fourth-order valence-electron chi connectivity index (χ4n) is 4.84. The summed E-state index contributed by atoms with van der Waals surface area (Å²) in [6.45, 7) is 8.67. The number of fused-ring (bicyclic) bond motifs is 1. The molecule has 0 radical (unpaired) electrons. The highest BCUT2D eigenvalue weighted by atomic mass is 15.3. The zero-order valence-corrected chi connectivity index (χ0v) is 17.9. The van der Waals surface area contributed by atoms with E-state index < -0.39 is 0 Å². The number of allylic oxidation sites excluding steroid dienone is 2. The summed E-state index contributed by atoms with van der Waals surface area (Å²) in [4.78, 5) is 5.37. The maximum atomic E-state index is 2.70. The second-order valence-electron chi connectivity index (χ2n) is 8.09. The molecule has 29 heavy (non-hydrogen) atoms. The Hall–Kier alpha value is -2.16. The zero-order chi connectivity index (χ0) is 20.1. The van der Waals surface area contributed by atoms with Crippen LogP contribution in [0, 0.1) is 0 Å². The summed E-state index contributed by atoms with van der Waals surface area (Å²) in [5.74, 6) is 0. The van der Waals surface area contributed by atoms with E-state index in [-0.39, 0.29) is 0 Å². The van der Waals surface area contributed by atoms with E-state index in [0.717, 1.165) is 6.54 Å². The SMILES string of the molecule is C1=CC(C(c2ccccc2)N2CC(N3CCc4ccccc4C3)C2)=CCC1.CC. The van der Waals surface area contributed by atoms with Gasteiger partial charge in [0.25, 0.3) is 0 Å². The van der Waals surface area contributed by atoms with E-state index in [9.17, 15) is 0 Å². The molecule has 1 saturated heterocycles. The van der Waals surface area contributed by atoms with E-state index in [1.54, 1.807) is 5.56 Å². The predicted octanol–water partition coefficient (Wildman–Crippen LogP) is 5.77. The molecule has 0 N–H and O–H groups in total. The minimum Gasteiger partial charge on any atom is -0.293 e. The van der Waals surface area contributed by atoms with Crippen molar-refractivity contribution in [2.24, 2.45) is 0 Å². The van der Waals surface area contributed by atoms with Gasteiger partial charge >= 0.3 is 0 Å². The number of nitrogens with zero attached hydrogens (tertiary/aromatic N) is 2. The summed E-state index contributed by atoms with van der Waals surface area (Å²) < 4.78 is 0. The molecule has 2 aliphatic heterocycles. The van der Waals surface area contributed by atoms with Crippen LogP contribution in [0.25, 0.3) is 0 Å². The average molecular weight is 387 g/mol. The monoisotopic (exact) mass is 386 g/mol. The lowest BCUT2D eigenvalue weighted by Gasteiger charge is -2.50. The molecule has 0 saturated carbocycles. The Kier molecular flexibility index (Phi) is 6.63. The first-order valence-electron chi connectivity index (χ1n) is 11.3. The molecule has 0 bridgehead atoms. The van der Waals surface area contributed by atoms with E-state index in [2.05, 4.69) is 82.6 Å². The molecule has 1 unspecified atom stereocenters. The molecule has 3 aliphatic rings. The van der Waals surface area contributed by atoms with Gasteiger partial charge in [0, 0.05) is 32.2 Å². The van der Waals surface area contributed by atoms with Gasteiger partial charge in [0.2, 0.25) is 0 Å². The normalized spacial score (nSPS) is 20.7. The van der Waals surface area contributed by atoms with Gasteiger partial charge in [0.15, 0.2) is 0 Å². The molecule has 0 aromatic heterocycles. The number of hydrogen-bond donors (Lipinski definition) is 0. The van der Waals surface area contributed by atoms with Crippen LogP contribution in [0.1, 0.15) is 49.4 Å². The first-order chi connectivity index (χ1) is 14.4. The Balaban J connectivity index is 0.000000994. The average Bonchev–Trinajstić information content (AvgIpc) is 2.78. The van der Waals surface area contributed by atoms with Crippen LogP contribution in [0.2, 0.25) is 0 Å². The van der Waals surface area contributed by atoms with E-state index in [0.29, 0.717) is 12.1 Å². The minimum absolute atomic E-state index is 0.413. The van der Waals surface area contributed by atoms with Crippen LogP contribution in [-0.2, 0) is 13.0 Å². The lowest BCUT2D eigenvalue weighted by molar-refractivity contribution is 0.00699. The van der Waals surface area contributed by atoms with Gasteiger partial charge in [-0.1, -0.05) is 86.7 Å². The molecule has 5 rings (SSSR count). The molecule has 2 nitrogen and oxygen atoms in total. The Labute approximate surface area is 176 Å². The second kappa shape index (κ2) is 9.56. The molecule has 1 aliphatic carbocycles. The van der Waals surface area contributed by atoms with Crippen LogP contribution >= 0.6 is 0 Å². The Bertz CT molecular complexity index is 846. The molecule has 0 spiro atoms. The first kappa shape index (κ1) is 20.1. The van der Waals surface area contributed by atoms with Crippen molar-refractivity contribution in [3.8, 4) is 0 Å². The standard InChI is InChI=1S/C25H28N2.C2H6/c1-3-10-21(11-4-1)25(22-12-5-2-6-13-22)27-18-24(19-27)26-16-15-20-9-7-8-14-23(20)17-26;1-2/h1,3-5,7-14,24-25H,2,6,15-19H2;1-2H3. The molecule has 0 amide bonds. The second-order valence-corrected chi connectivity index (χ2v) is 8.09. The fraction of sp³-hybridized carbons (Fsp3) is 0.407. The van der Waals surface area contributed by atoms with Gasteiger partial charge in [0.05, 0.1) is 6.04 Å². The molecular formula is C27H34N2. The van der Waals surface area contributed by atoms with Crippen molar-refractivity contribution >= 4 is 0 Å². The number of hydrogen-bond acceptors (Lipinski definition) is 2. The van der Waals surface area contributed by atoms with Crippen molar-refractivity contribution in [2.75, 3.05) is 19.6 Å². The molecule has 2 heterocycles. The highest BCUT2D eigenvalue weighted by molar-refractivity contribution is 5.37. The summed E-state index contributed by atoms with van der Waals surface area (Å²) in [5, 5.41) is 0. The molecule has 2 heteroatoms. The van der Waals surface area contributed by atoms with Crippen LogP contribution in [-0.4, -0.2) is 35.5 Å². The minimum atomic E-state index is 0.413. The van der Waals surface area contributed by atoms with Gasteiger partial charge in [-0.2, -0.15) is 0 Å². The predicted molar refractivity (Wildman–Crippen MR) is 123 cm³/mol. The molecule has 1 fully saturated rings. The highest BCUT2D eigenvalue weighted by Gasteiger charge is 2.38. The summed E-state index contributed by atoms with van der Waals surface area (Å²) in [6, 6.07) is 21.1. The largest absolute Gasteiger partial charge is 0.293 e. The van der Waals surface area contributed by atoms with Crippen molar-refractivity contribution in [1.29, 1.82) is 0 Å². The van der Waals surface area contributed by atoms with Crippen molar-refractivity contribution < 1.29 is 0 Å². The third-order valence-electron chi connectivity index (χ3n) is 6.39. The van der Waals surface area contributed by atoms with Gasteiger partial charge < -0.3 is 0 Å². The van der Waals surface area contributed by atoms with E-state index in [1.807, 2.05) is 13.8 Å². The lowest BCUT2D eigenvalue weighted by Crippen LogP contribution is -2.60. The van der Waals surface area contributed by atoms with Crippen LogP contribution in [0.4, 0.5) is 0 Å². The van der Waals surface area contributed by atoms with Gasteiger partial charge in [-0.3, -0.25) is 9.80 Å². The zero-order valence-electron chi connectivity index (χ0n) is 17.9. The van der Waals surface area contributed by atoms with Crippen molar-refractivity contribution in [3.63, 3.8) is 0 Å². The Morgan fingerprint density at radius 3 is 2.31 bits per heavy atom. The summed E-state index contributed by atoms with van der Waals surface area (Å²) in [5.41, 5.74) is 5.98. The topological polar surface area (TPSA) is 6.48 Å². The van der Waals surface area contributed by atoms with E-state index in [4.69, 9.17) is 0 Å². The lowest BCUT2D eigenvalue weighted by atomic mass is 9.89. The summed E-state index contributed by atoms with van der Waals surface area (Å²) >= 11 is 0. The van der Waals surface area contributed by atoms with Crippen molar-refractivity contribution in [3.05, 3.63) is 95.1 Å². The van der Waals surface area contributed by atoms with Gasteiger partial charge in [-0.15, -0.1) is 0 Å². The number of rotatable bonds is 4. The summed E-state index contributed by atoms with van der Waals surface area (Å²) in [6.07, 6.45) is 10.7. The smallest absolute Gasteiger partial charge is 0.0599 e. The molecular weight excluding hydrogens is 352 g/mol. The third-order valence-corrected chi connectivity index (χ3v) is 6.39. The van der Waals surface area contributed by atoms with Crippen LogP contribution in [0.15, 0.2) is 78.4 Å².